The number of hydrogen-bond acceptors (Lipinski definition) is 4. The molecule has 0 N–H and O–H groups in total. The van der Waals surface area contributed by atoms with Crippen LogP contribution in [0.15, 0.2) is 35.6 Å². The minimum absolute atomic E-state index is 0.118. The van der Waals surface area contributed by atoms with Gasteiger partial charge in [-0.1, -0.05) is 52.2 Å². The molecule has 2 saturated carbocycles. The van der Waals surface area contributed by atoms with Crippen LogP contribution in [0.25, 0.3) is 0 Å². The van der Waals surface area contributed by atoms with E-state index in [9.17, 15) is 4.39 Å². The number of halogens is 1. The lowest BCUT2D eigenvalue weighted by Gasteiger charge is -2.35. The Morgan fingerprint density at radius 2 is 2.03 bits per heavy atom. The van der Waals surface area contributed by atoms with Crippen LogP contribution < -0.4 is 0 Å². The van der Waals surface area contributed by atoms with Crippen LogP contribution in [0.1, 0.15) is 60.3 Å². The van der Waals surface area contributed by atoms with Crippen LogP contribution in [0.5, 0.6) is 0 Å². The summed E-state index contributed by atoms with van der Waals surface area (Å²) in [6.07, 6.45) is 9.27. The normalized spacial score (nSPS) is 30.9. The third-order valence-corrected chi connectivity index (χ3v) is 7.44. The smallest absolute Gasteiger partial charge is 0.216 e. The van der Waals surface area contributed by atoms with E-state index in [4.69, 9.17) is 0 Å². The molecule has 1 aromatic heterocycles. The maximum Gasteiger partial charge on any atom is 0.313 e. The van der Waals surface area contributed by atoms with Crippen LogP contribution in [0, 0.1) is 47.5 Å². The van der Waals surface area contributed by atoms with Crippen molar-refractivity contribution in [2.75, 3.05) is 0 Å². The third kappa shape index (κ3) is 4.65. The van der Waals surface area contributed by atoms with E-state index in [1.165, 1.54) is 24.8 Å². The number of aromatic nitrogens is 3. The lowest BCUT2D eigenvalue weighted by Crippen LogP contribution is -2.29. The van der Waals surface area contributed by atoms with E-state index in [1.807, 2.05) is 13.0 Å². The molecule has 0 bridgehead atoms. The van der Waals surface area contributed by atoms with Gasteiger partial charge in [-0.3, -0.25) is 0 Å². The standard InChI is InChI=1S/C24H35FN4/c1-7-10-18(11-15(5)28-24-27-13-26-23(25)29-24)20-16(6)21-19(22(20)21)12-17(9-3)14(4)8-2/h7,11,13-14,16-17,19-22H,1,8-10,12H2,2-6H3/b18-11+,28-15?. The fourth-order valence-electron chi connectivity index (χ4n) is 5.74. The summed E-state index contributed by atoms with van der Waals surface area (Å²) in [5, 5.41) is 0. The highest BCUT2D eigenvalue weighted by Gasteiger charge is 2.67. The van der Waals surface area contributed by atoms with Crippen LogP contribution in [0.2, 0.25) is 0 Å². The Morgan fingerprint density at radius 3 is 2.66 bits per heavy atom. The van der Waals surface area contributed by atoms with Crippen LogP contribution >= 0.6 is 0 Å². The van der Waals surface area contributed by atoms with Gasteiger partial charge < -0.3 is 0 Å². The van der Waals surface area contributed by atoms with E-state index in [2.05, 4.69) is 60.3 Å². The van der Waals surface area contributed by atoms with E-state index in [1.54, 1.807) is 0 Å². The molecule has 29 heavy (non-hydrogen) atoms. The van der Waals surface area contributed by atoms with Gasteiger partial charge in [0.1, 0.15) is 6.33 Å². The largest absolute Gasteiger partial charge is 0.313 e. The number of aliphatic imine (C=N–C) groups is 1. The highest BCUT2D eigenvalue weighted by Crippen LogP contribution is 2.72. The zero-order valence-corrected chi connectivity index (χ0v) is 18.5. The molecule has 5 heteroatoms. The van der Waals surface area contributed by atoms with Crippen molar-refractivity contribution in [2.24, 2.45) is 46.4 Å². The summed E-state index contributed by atoms with van der Waals surface area (Å²) in [5.41, 5.74) is 2.19. The first kappa shape index (κ1) is 21.8. The van der Waals surface area contributed by atoms with Crippen molar-refractivity contribution in [3.05, 3.63) is 36.7 Å². The highest BCUT2D eigenvalue weighted by atomic mass is 19.1. The second kappa shape index (κ2) is 9.27. The van der Waals surface area contributed by atoms with E-state index in [0.29, 0.717) is 11.8 Å². The van der Waals surface area contributed by atoms with Crippen molar-refractivity contribution in [2.45, 2.75) is 60.3 Å². The van der Waals surface area contributed by atoms with Crippen molar-refractivity contribution in [3.8, 4) is 0 Å². The van der Waals surface area contributed by atoms with Gasteiger partial charge in [0.15, 0.2) is 0 Å². The zero-order chi connectivity index (χ0) is 21.1. The van der Waals surface area contributed by atoms with Crippen LogP contribution in [-0.4, -0.2) is 20.7 Å². The van der Waals surface area contributed by atoms with Gasteiger partial charge in [0.2, 0.25) is 0 Å². The molecular weight excluding hydrogens is 363 g/mol. The number of allylic oxidation sites excluding steroid dienone is 3. The molecule has 2 aliphatic carbocycles. The summed E-state index contributed by atoms with van der Waals surface area (Å²) in [7, 11) is 0. The molecule has 1 heterocycles. The summed E-state index contributed by atoms with van der Waals surface area (Å²) < 4.78 is 13.2. The summed E-state index contributed by atoms with van der Waals surface area (Å²) >= 11 is 0. The lowest BCUT2D eigenvalue weighted by atomic mass is 9.70. The zero-order valence-electron chi connectivity index (χ0n) is 18.5. The average molecular weight is 399 g/mol. The molecule has 0 aromatic carbocycles. The molecule has 2 aliphatic rings. The minimum Gasteiger partial charge on any atom is -0.216 e. The maximum absolute atomic E-state index is 13.2. The lowest BCUT2D eigenvalue weighted by molar-refractivity contribution is 0.210. The summed E-state index contributed by atoms with van der Waals surface area (Å²) in [5.74, 6) is 5.68. The van der Waals surface area contributed by atoms with Gasteiger partial charge in [-0.2, -0.15) is 19.3 Å². The molecule has 0 saturated heterocycles. The molecule has 7 atom stereocenters. The number of nitrogens with zero attached hydrogens (tertiary/aromatic N) is 4. The summed E-state index contributed by atoms with van der Waals surface area (Å²) in [6, 6.07) is 0. The minimum atomic E-state index is -0.801. The quantitative estimate of drug-likeness (QED) is 0.348. The molecule has 0 radical (unpaired) electrons. The SMILES string of the molecule is C=CC/C(=C\C(C)=Nc1ncnc(F)n1)C1C(C)C2C(CC(CC)C(C)CC)C12. The second-order valence-corrected chi connectivity index (χ2v) is 9.01. The van der Waals surface area contributed by atoms with Crippen molar-refractivity contribution in [3.63, 3.8) is 0 Å². The van der Waals surface area contributed by atoms with Crippen LogP contribution in [0.4, 0.5) is 10.3 Å². The van der Waals surface area contributed by atoms with Crippen LogP contribution in [0.3, 0.4) is 0 Å². The molecule has 4 nitrogen and oxygen atoms in total. The van der Waals surface area contributed by atoms with Gasteiger partial charge >= 0.3 is 6.08 Å². The molecular formula is C24H35FN4. The van der Waals surface area contributed by atoms with Crippen molar-refractivity contribution >= 4 is 11.7 Å². The predicted octanol–water partition coefficient (Wildman–Crippen LogP) is 6.20. The Labute approximate surface area is 174 Å². The maximum atomic E-state index is 13.2. The Bertz CT molecular complexity index is 787. The number of fused-ring (bicyclic) bond motifs is 1. The fraction of sp³-hybridized carbons (Fsp3) is 0.667. The molecule has 3 rings (SSSR count). The van der Waals surface area contributed by atoms with E-state index >= 15 is 0 Å². The molecule has 0 spiro atoms. The second-order valence-electron chi connectivity index (χ2n) is 9.01. The molecule has 0 amide bonds. The predicted molar refractivity (Wildman–Crippen MR) is 116 cm³/mol. The number of hydrogen-bond donors (Lipinski definition) is 0. The van der Waals surface area contributed by atoms with Crippen molar-refractivity contribution in [1.82, 2.24) is 15.0 Å². The van der Waals surface area contributed by atoms with E-state index in [0.717, 1.165) is 48.0 Å². The first-order chi connectivity index (χ1) is 13.9. The molecule has 2 fully saturated rings. The van der Waals surface area contributed by atoms with Gasteiger partial charge in [-0.05, 0) is 67.3 Å². The monoisotopic (exact) mass is 398 g/mol. The Hall–Kier alpha value is -1.91. The number of rotatable bonds is 10. The van der Waals surface area contributed by atoms with Crippen molar-refractivity contribution in [1.29, 1.82) is 0 Å². The topological polar surface area (TPSA) is 51.0 Å². The van der Waals surface area contributed by atoms with E-state index in [-0.39, 0.29) is 5.95 Å². The van der Waals surface area contributed by atoms with Crippen molar-refractivity contribution < 1.29 is 4.39 Å². The first-order valence-corrected chi connectivity index (χ1v) is 11.1. The highest BCUT2D eigenvalue weighted by molar-refractivity contribution is 5.94. The molecule has 158 valence electrons. The summed E-state index contributed by atoms with van der Waals surface area (Å²) in [4.78, 5) is 15.3. The van der Waals surface area contributed by atoms with Gasteiger partial charge in [0, 0.05) is 5.71 Å². The van der Waals surface area contributed by atoms with Gasteiger partial charge in [0.05, 0.1) is 0 Å². The van der Waals surface area contributed by atoms with E-state index < -0.39 is 6.08 Å². The third-order valence-electron chi connectivity index (χ3n) is 7.44. The van der Waals surface area contributed by atoms with Gasteiger partial charge in [-0.25, -0.2) is 4.99 Å². The first-order valence-electron chi connectivity index (χ1n) is 11.1. The fourth-order valence-corrected chi connectivity index (χ4v) is 5.74. The Morgan fingerprint density at radius 1 is 1.28 bits per heavy atom. The molecule has 7 unspecified atom stereocenters. The van der Waals surface area contributed by atoms with Gasteiger partial charge in [0.25, 0.3) is 5.95 Å². The Kier molecular flexibility index (Phi) is 6.97. The van der Waals surface area contributed by atoms with Gasteiger partial charge in [-0.15, -0.1) is 6.58 Å². The summed E-state index contributed by atoms with van der Waals surface area (Å²) in [6.45, 7) is 15.3. The molecule has 0 aliphatic heterocycles. The Balaban J connectivity index is 1.73. The average Bonchev–Trinajstić information content (AvgIpc) is 3.32. The van der Waals surface area contributed by atoms with Crippen LogP contribution in [-0.2, 0) is 0 Å². The molecule has 1 aromatic rings.